The van der Waals surface area contributed by atoms with E-state index < -0.39 is 51.4 Å². The summed E-state index contributed by atoms with van der Waals surface area (Å²) in [6, 6.07) is 1.32. The van der Waals surface area contributed by atoms with Crippen LogP contribution in [0.3, 0.4) is 0 Å². The molecule has 0 heterocycles. The summed E-state index contributed by atoms with van der Waals surface area (Å²) in [5.41, 5.74) is -0.283. The molecule has 0 fully saturated rings. The minimum Gasteiger partial charge on any atom is -0.457 e. The molecule has 1 aliphatic carbocycles. The third-order valence-corrected chi connectivity index (χ3v) is 5.31. The zero-order valence-corrected chi connectivity index (χ0v) is 15.3. The maximum absolute atomic E-state index is 14.2. The van der Waals surface area contributed by atoms with E-state index in [1.165, 1.54) is 6.07 Å². The molecule has 2 rings (SSSR count). The fourth-order valence-corrected chi connectivity index (χ4v) is 3.34. The molecule has 0 unspecified atom stereocenters. The van der Waals surface area contributed by atoms with E-state index in [9.17, 15) is 31.1 Å². The van der Waals surface area contributed by atoms with Crippen LogP contribution in [0.4, 0.5) is 17.6 Å². The maximum Gasteiger partial charge on any atom is 0.277 e. The monoisotopic (exact) mass is 426 g/mol. The molecule has 0 aromatic heterocycles. The molecule has 27 heavy (non-hydrogen) atoms. The van der Waals surface area contributed by atoms with Crippen molar-refractivity contribution in [2.75, 3.05) is 6.01 Å². The third-order valence-electron chi connectivity index (χ3n) is 3.71. The number of ether oxygens (including phenoxy) is 1. The first kappa shape index (κ1) is 21.5. The van der Waals surface area contributed by atoms with Crippen LogP contribution >= 0.6 is 11.6 Å². The first-order valence-electron chi connectivity index (χ1n) is 7.52. The lowest BCUT2D eigenvalue weighted by Crippen LogP contribution is -2.35. The summed E-state index contributed by atoms with van der Waals surface area (Å²) in [6.07, 6.45) is -2.57. The van der Waals surface area contributed by atoms with Crippen molar-refractivity contribution >= 4 is 21.4 Å². The largest absolute Gasteiger partial charge is 0.457 e. The van der Waals surface area contributed by atoms with Crippen molar-refractivity contribution in [3.8, 4) is 5.75 Å². The van der Waals surface area contributed by atoms with E-state index in [0.717, 1.165) is 24.3 Å². The topological polar surface area (TPSA) is 63.6 Å². The number of aliphatic hydroxyl groups is 1. The van der Waals surface area contributed by atoms with Gasteiger partial charge in [-0.05, 0) is 29.9 Å². The van der Waals surface area contributed by atoms with E-state index in [-0.39, 0.29) is 22.1 Å². The van der Waals surface area contributed by atoms with E-state index in [4.69, 9.17) is 16.3 Å². The lowest BCUT2D eigenvalue weighted by molar-refractivity contribution is -0.105. The van der Waals surface area contributed by atoms with Crippen molar-refractivity contribution in [3.05, 3.63) is 64.0 Å². The number of halogens is 5. The summed E-state index contributed by atoms with van der Waals surface area (Å²) in [4.78, 5) is -0.731. The number of rotatable bonds is 4. The Morgan fingerprint density at radius 1 is 1.30 bits per heavy atom. The van der Waals surface area contributed by atoms with Crippen molar-refractivity contribution in [1.82, 2.24) is 0 Å². The number of benzene rings is 1. The fourth-order valence-electron chi connectivity index (χ4n) is 2.31. The average Bonchev–Trinajstić information content (AvgIpc) is 2.58. The summed E-state index contributed by atoms with van der Waals surface area (Å²) in [5.74, 6) is -4.95. The van der Waals surface area contributed by atoms with Crippen LogP contribution in [0.25, 0.3) is 0 Å². The first-order chi connectivity index (χ1) is 12.4. The van der Waals surface area contributed by atoms with E-state index in [1.807, 2.05) is 0 Å². The van der Waals surface area contributed by atoms with Crippen LogP contribution in [0.1, 0.15) is 12.8 Å². The van der Waals surface area contributed by atoms with Crippen molar-refractivity contribution in [3.63, 3.8) is 0 Å². The number of hydrogen-bond acceptors (Lipinski definition) is 4. The highest BCUT2D eigenvalue weighted by Gasteiger charge is 2.41. The Morgan fingerprint density at radius 2 is 1.96 bits per heavy atom. The van der Waals surface area contributed by atoms with Crippen LogP contribution in [0.5, 0.6) is 5.75 Å². The summed E-state index contributed by atoms with van der Waals surface area (Å²) in [7, 11) is -4.50. The van der Waals surface area contributed by atoms with Crippen LogP contribution in [0.15, 0.2) is 53.2 Å². The van der Waals surface area contributed by atoms with Gasteiger partial charge in [0.15, 0.2) is 6.01 Å². The standard InChI is InChI=1S/C17H15ClF4O4S/c1-10-8-17(21,22)16(23)7-14(27(24,25)9-19)2-3-15(10)26-13-5-11(18)4-12(20)6-13/h2-6,16,23H,1,7-9H2/b14-2+,15-3+/t16-/m0/s1. The highest BCUT2D eigenvalue weighted by atomic mass is 35.5. The van der Waals surface area contributed by atoms with Crippen LogP contribution in [0, 0.1) is 5.82 Å². The minimum absolute atomic E-state index is 0.0173. The second-order valence-corrected chi connectivity index (χ2v) is 8.26. The minimum atomic E-state index is -4.50. The molecule has 0 radical (unpaired) electrons. The Kier molecular flexibility index (Phi) is 6.39. The predicted octanol–water partition coefficient (Wildman–Crippen LogP) is 4.31. The van der Waals surface area contributed by atoms with Crippen molar-refractivity contribution in [2.24, 2.45) is 0 Å². The SMILES string of the molecule is C=C1CC(F)(F)[C@@H](O)C/C(S(=O)(=O)CF)=C\C=C/1Oc1cc(F)cc(Cl)c1. The number of hydrogen-bond donors (Lipinski definition) is 1. The summed E-state index contributed by atoms with van der Waals surface area (Å²) < 4.78 is 83.5. The Hall–Kier alpha value is -1.84. The van der Waals surface area contributed by atoms with Gasteiger partial charge in [0.25, 0.3) is 5.92 Å². The molecule has 10 heteroatoms. The molecular formula is C17H15ClF4O4S. The van der Waals surface area contributed by atoms with Crippen molar-refractivity contribution in [2.45, 2.75) is 24.9 Å². The van der Waals surface area contributed by atoms with E-state index in [2.05, 4.69) is 6.58 Å². The molecule has 0 aliphatic heterocycles. The van der Waals surface area contributed by atoms with Gasteiger partial charge in [0.2, 0.25) is 9.84 Å². The molecule has 1 aromatic rings. The van der Waals surface area contributed by atoms with E-state index in [1.54, 1.807) is 0 Å². The van der Waals surface area contributed by atoms with Gasteiger partial charge in [-0.25, -0.2) is 26.0 Å². The van der Waals surface area contributed by atoms with Crippen LogP contribution in [-0.4, -0.2) is 31.6 Å². The van der Waals surface area contributed by atoms with Crippen molar-refractivity contribution < 1.29 is 35.8 Å². The molecule has 0 saturated heterocycles. The second kappa shape index (κ2) is 8.04. The highest BCUT2D eigenvalue weighted by Crippen LogP contribution is 2.36. The van der Waals surface area contributed by atoms with Gasteiger partial charge in [0.05, 0.1) is 4.91 Å². The molecule has 0 spiro atoms. The molecule has 0 saturated carbocycles. The summed E-state index contributed by atoms with van der Waals surface area (Å²) >= 11 is 5.71. The number of aliphatic hydroxyl groups excluding tert-OH is 1. The van der Waals surface area contributed by atoms with Gasteiger partial charge in [0.1, 0.15) is 23.4 Å². The molecule has 0 bridgehead atoms. The zero-order valence-electron chi connectivity index (χ0n) is 13.8. The smallest absolute Gasteiger partial charge is 0.277 e. The number of alkyl halides is 3. The Balaban J connectivity index is 2.51. The Morgan fingerprint density at radius 3 is 2.56 bits per heavy atom. The summed E-state index contributed by atoms with van der Waals surface area (Å²) in [6.45, 7) is 3.45. The van der Waals surface area contributed by atoms with E-state index in [0.29, 0.717) is 0 Å². The number of sulfone groups is 1. The average molecular weight is 427 g/mol. The predicted molar refractivity (Wildman–Crippen MR) is 92.4 cm³/mol. The molecular weight excluding hydrogens is 412 g/mol. The molecule has 148 valence electrons. The van der Waals surface area contributed by atoms with Crippen LogP contribution < -0.4 is 4.74 Å². The van der Waals surface area contributed by atoms with Gasteiger partial charge in [-0.1, -0.05) is 18.2 Å². The van der Waals surface area contributed by atoms with Crippen molar-refractivity contribution in [1.29, 1.82) is 0 Å². The van der Waals surface area contributed by atoms with Crippen LogP contribution in [-0.2, 0) is 9.84 Å². The van der Waals surface area contributed by atoms with Gasteiger partial charge in [-0.3, -0.25) is 0 Å². The molecule has 1 atom stereocenters. The Labute approximate surface area is 158 Å². The Bertz CT molecular complexity index is 889. The molecule has 1 aromatic carbocycles. The highest BCUT2D eigenvalue weighted by molar-refractivity contribution is 7.95. The molecule has 1 N–H and O–H groups in total. The quantitative estimate of drug-likeness (QED) is 0.728. The first-order valence-corrected chi connectivity index (χ1v) is 9.55. The van der Waals surface area contributed by atoms with E-state index >= 15 is 0 Å². The lowest BCUT2D eigenvalue weighted by atomic mass is 10.0. The molecule has 0 amide bonds. The summed E-state index contributed by atoms with van der Waals surface area (Å²) in [5, 5.41) is 9.70. The zero-order chi connectivity index (χ0) is 20.4. The number of allylic oxidation sites excluding steroid dienone is 3. The fraction of sp³-hybridized carbons (Fsp3) is 0.294. The van der Waals surface area contributed by atoms with Gasteiger partial charge in [0, 0.05) is 23.9 Å². The third kappa shape index (κ3) is 5.33. The molecule has 4 nitrogen and oxygen atoms in total. The maximum atomic E-state index is 14.2. The van der Waals surface area contributed by atoms with Crippen LogP contribution in [0.2, 0.25) is 5.02 Å². The van der Waals surface area contributed by atoms with Gasteiger partial charge >= 0.3 is 0 Å². The van der Waals surface area contributed by atoms with Gasteiger partial charge < -0.3 is 9.84 Å². The molecule has 1 aliphatic rings. The lowest BCUT2D eigenvalue weighted by Gasteiger charge is -2.23. The second-order valence-electron chi connectivity index (χ2n) is 5.86. The normalized spacial score (nSPS) is 24.7. The van der Waals surface area contributed by atoms with Gasteiger partial charge in [-0.2, -0.15) is 0 Å². The van der Waals surface area contributed by atoms with Gasteiger partial charge in [-0.15, -0.1) is 0 Å².